The van der Waals surface area contributed by atoms with Gasteiger partial charge in [0.2, 0.25) is 0 Å². The lowest BCUT2D eigenvalue weighted by Crippen LogP contribution is -2.15. The van der Waals surface area contributed by atoms with Crippen LogP contribution in [0.4, 0.5) is 5.69 Å². The fourth-order valence-electron chi connectivity index (χ4n) is 1.46. The van der Waals surface area contributed by atoms with Gasteiger partial charge in [-0.25, -0.2) is 0 Å². The molecule has 1 aromatic carbocycles. The number of halogens is 1. The van der Waals surface area contributed by atoms with E-state index in [1.165, 1.54) is 0 Å². The van der Waals surface area contributed by atoms with Gasteiger partial charge in [-0.3, -0.25) is 0 Å². The van der Waals surface area contributed by atoms with E-state index in [-0.39, 0.29) is 0 Å². The highest BCUT2D eigenvalue weighted by Crippen LogP contribution is 2.24. The SMILES string of the molecule is CCOCCCNc1cccc(Cl)c1C(N)=S. The van der Waals surface area contributed by atoms with E-state index in [1.807, 2.05) is 19.1 Å². The molecule has 0 bridgehead atoms. The summed E-state index contributed by atoms with van der Waals surface area (Å²) in [6.07, 6.45) is 0.928. The van der Waals surface area contributed by atoms with Gasteiger partial charge in [0.25, 0.3) is 0 Å². The van der Waals surface area contributed by atoms with Crippen LogP contribution < -0.4 is 11.1 Å². The molecule has 3 nitrogen and oxygen atoms in total. The van der Waals surface area contributed by atoms with E-state index in [9.17, 15) is 0 Å². The third-order valence-electron chi connectivity index (χ3n) is 2.25. The predicted octanol–water partition coefficient (Wildman–Crippen LogP) is 2.81. The van der Waals surface area contributed by atoms with Crippen LogP contribution >= 0.6 is 23.8 Å². The summed E-state index contributed by atoms with van der Waals surface area (Å²) >= 11 is 11.0. The maximum atomic E-state index is 6.05. The molecule has 0 aliphatic heterocycles. The van der Waals surface area contributed by atoms with Crippen molar-refractivity contribution in [2.45, 2.75) is 13.3 Å². The van der Waals surface area contributed by atoms with E-state index in [2.05, 4.69) is 5.32 Å². The van der Waals surface area contributed by atoms with Crippen molar-refractivity contribution in [3.63, 3.8) is 0 Å². The minimum absolute atomic E-state index is 0.308. The Morgan fingerprint density at radius 3 is 2.94 bits per heavy atom. The molecule has 0 aliphatic carbocycles. The minimum atomic E-state index is 0.308. The monoisotopic (exact) mass is 272 g/mol. The Labute approximate surface area is 112 Å². The van der Waals surface area contributed by atoms with E-state index < -0.39 is 0 Å². The Kier molecular flexibility index (Phi) is 6.26. The van der Waals surface area contributed by atoms with Gasteiger partial charge in [-0.05, 0) is 25.5 Å². The molecule has 5 heteroatoms. The Balaban J connectivity index is 2.58. The zero-order valence-electron chi connectivity index (χ0n) is 9.83. The highest BCUT2D eigenvalue weighted by atomic mass is 35.5. The van der Waals surface area contributed by atoms with Crippen LogP contribution in [0.15, 0.2) is 18.2 Å². The topological polar surface area (TPSA) is 47.3 Å². The van der Waals surface area contributed by atoms with E-state index >= 15 is 0 Å². The fraction of sp³-hybridized carbons (Fsp3) is 0.417. The van der Waals surface area contributed by atoms with Crippen LogP contribution in [0.1, 0.15) is 18.9 Å². The molecule has 0 saturated carbocycles. The summed E-state index contributed by atoms with van der Waals surface area (Å²) in [4.78, 5) is 0.308. The number of hydrogen-bond acceptors (Lipinski definition) is 3. The molecule has 0 radical (unpaired) electrons. The standard InChI is InChI=1S/C12H17ClN2OS/c1-2-16-8-4-7-15-10-6-3-5-9(13)11(10)12(14)17/h3,5-6,15H,2,4,7-8H2,1H3,(H2,14,17). The molecule has 1 aromatic rings. The van der Waals surface area contributed by atoms with Gasteiger partial charge in [0.05, 0.1) is 10.6 Å². The number of thiocarbonyl (C=S) groups is 1. The summed E-state index contributed by atoms with van der Waals surface area (Å²) in [5.74, 6) is 0. The van der Waals surface area contributed by atoms with Crippen LogP contribution in [0.25, 0.3) is 0 Å². The van der Waals surface area contributed by atoms with Crippen molar-refractivity contribution in [2.75, 3.05) is 25.1 Å². The molecule has 1 rings (SSSR count). The van der Waals surface area contributed by atoms with Gasteiger partial charge in [-0.2, -0.15) is 0 Å². The van der Waals surface area contributed by atoms with Crippen LogP contribution in [0, 0.1) is 0 Å². The Morgan fingerprint density at radius 1 is 1.53 bits per heavy atom. The maximum Gasteiger partial charge on any atom is 0.107 e. The van der Waals surface area contributed by atoms with Crippen molar-refractivity contribution in [2.24, 2.45) is 5.73 Å². The van der Waals surface area contributed by atoms with E-state index in [0.717, 1.165) is 31.9 Å². The first kappa shape index (κ1) is 14.2. The first-order valence-corrected chi connectivity index (χ1v) is 6.35. The van der Waals surface area contributed by atoms with E-state index in [4.69, 9.17) is 34.3 Å². The van der Waals surface area contributed by atoms with Crippen LogP contribution in [-0.4, -0.2) is 24.7 Å². The molecule has 0 aromatic heterocycles. The van der Waals surface area contributed by atoms with E-state index in [0.29, 0.717) is 15.6 Å². The molecule has 17 heavy (non-hydrogen) atoms. The first-order valence-electron chi connectivity index (χ1n) is 5.56. The quantitative estimate of drug-likeness (QED) is 0.592. The maximum absolute atomic E-state index is 6.05. The summed E-state index contributed by atoms with van der Waals surface area (Å²) in [6, 6.07) is 5.57. The highest BCUT2D eigenvalue weighted by Gasteiger charge is 2.08. The number of ether oxygens (including phenoxy) is 1. The van der Waals surface area contributed by atoms with Gasteiger partial charge in [-0.1, -0.05) is 29.9 Å². The summed E-state index contributed by atoms with van der Waals surface area (Å²) < 4.78 is 5.26. The lowest BCUT2D eigenvalue weighted by Gasteiger charge is -2.12. The number of hydrogen-bond donors (Lipinski definition) is 2. The smallest absolute Gasteiger partial charge is 0.107 e. The molecule has 0 atom stereocenters. The van der Waals surface area contributed by atoms with E-state index in [1.54, 1.807) is 6.07 Å². The minimum Gasteiger partial charge on any atom is -0.389 e. The normalized spacial score (nSPS) is 10.2. The van der Waals surface area contributed by atoms with Crippen LogP contribution in [0.2, 0.25) is 5.02 Å². The Bertz CT molecular complexity index is 385. The van der Waals surface area contributed by atoms with Crippen LogP contribution in [0.3, 0.4) is 0 Å². The predicted molar refractivity (Wildman–Crippen MR) is 76.9 cm³/mol. The number of benzene rings is 1. The molecule has 0 fully saturated rings. The second kappa shape index (κ2) is 7.48. The molecule has 94 valence electrons. The summed E-state index contributed by atoms with van der Waals surface area (Å²) in [5.41, 5.74) is 7.23. The van der Waals surface area contributed by atoms with Crippen LogP contribution in [-0.2, 0) is 4.74 Å². The molecular formula is C12H17ClN2OS. The third-order valence-corrected chi connectivity index (χ3v) is 2.76. The third kappa shape index (κ3) is 4.50. The second-order valence-electron chi connectivity index (χ2n) is 3.50. The molecule has 0 amide bonds. The Morgan fingerprint density at radius 2 is 2.29 bits per heavy atom. The van der Waals surface area contributed by atoms with Crippen molar-refractivity contribution in [1.82, 2.24) is 0 Å². The van der Waals surface area contributed by atoms with Crippen molar-refractivity contribution < 1.29 is 4.74 Å². The number of rotatable bonds is 7. The summed E-state index contributed by atoms with van der Waals surface area (Å²) in [7, 11) is 0. The summed E-state index contributed by atoms with van der Waals surface area (Å²) in [6.45, 7) is 4.27. The lowest BCUT2D eigenvalue weighted by atomic mass is 10.1. The zero-order chi connectivity index (χ0) is 12.7. The first-order chi connectivity index (χ1) is 8.16. The average Bonchev–Trinajstić information content (AvgIpc) is 2.28. The van der Waals surface area contributed by atoms with Crippen LogP contribution in [0.5, 0.6) is 0 Å². The molecular weight excluding hydrogens is 256 g/mol. The number of nitrogens with two attached hydrogens (primary N) is 1. The van der Waals surface area contributed by atoms with Gasteiger partial charge in [-0.15, -0.1) is 0 Å². The highest BCUT2D eigenvalue weighted by molar-refractivity contribution is 7.80. The van der Waals surface area contributed by atoms with Gasteiger partial charge in [0, 0.05) is 25.4 Å². The fourth-order valence-corrected chi connectivity index (χ4v) is 2.02. The molecule has 0 unspecified atom stereocenters. The van der Waals surface area contributed by atoms with Crippen molar-refractivity contribution in [3.05, 3.63) is 28.8 Å². The molecule has 0 spiro atoms. The molecule has 0 aliphatic rings. The lowest BCUT2D eigenvalue weighted by molar-refractivity contribution is 0.147. The number of anilines is 1. The molecule has 0 saturated heterocycles. The van der Waals surface area contributed by atoms with Crippen molar-refractivity contribution >= 4 is 34.5 Å². The van der Waals surface area contributed by atoms with Gasteiger partial charge < -0.3 is 15.8 Å². The molecule has 0 heterocycles. The van der Waals surface area contributed by atoms with Gasteiger partial charge >= 0.3 is 0 Å². The number of nitrogens with one attached hydrogen (secondary N) is 1. The van der Waals surface area contributed by atoms with Crippen molar-refractivity contribution in [3.8, 4) is 0 Å². The average molecular weight is 273 g/mol. The largest absolute Gasteiger partial charge is 0.389 e. The summed E-state index contributed by atoms with van der Waals surface area (Å²) in [5, 5.41) is 3.84. The molecule has 3 N–H and O–H groups in total. The van der Waals surface area contributed by atoms with Crippen molar-refractivity contribution in [1.29, 1.82) is 0 Å². The second-order valence-corrected chi connectivity index (χ2v) is 4.35. The van der Waals surface area contributed by atoms with Gasteiger partial charge in [0.1, 0.15) is 4.99 Å². The Hall–Kier alpha value is -0.840. The zero-order valence-corrected chi connectivity index (χ0v) is 11.4. The van der Waals surface area contributed by atoms with Gasteiger partial charge in [0.15, 0.2) is 0 Å².